The van der Waals surface area contributed by atoms with Crippen molar-refractivity contribution in [2.75, 3.05) is 0 Å². The number of carbonyl (C=O) groups is 1. The Morgan fingerprint density at radius 3 is 2.83 bits per heavy atom. The molecule has 1 heterocycles. The van der Waals surface area contributed by atoms with Gasteiger partial charge >= 0.3 is 0 Å². The summed E-state index contributed by atoms with van der Waals surface area (Å²) in [7, 11) is 0. The minimum absolute atomic E-state index is 0.0845. The van der Waals surface area contributed by atoms with E-state index in [1.165, 1.54) is 23.5 Å². The van der Waals surface area contributed by atoms with Crippen LogP contribution in [-0.2, 0) is 6.42 Å². The second-order valence-electron chi connectivity index (χ2n) is 4.23. The lowest BCUT2D eigenvalue weighted by molar-refractivity contribution is 0.0968. The predicted octanol–water partition coefficient (Wildman–Crippen LogP) is 4.12. The van der Waals surface area contributed by atoms with E-state index in [2.05, 4.69) is 4.98 Å². The first-order valence-electron chi connectivity index (χ1n) is 5.63. The van der Waals surface area contributed by atoms with Crippen molar-refractivity contribution in [3.05, 3.63) is 39.6 Å². The van der Waals surface area contributed by atoms with Gasteiger partial charge in [-0.2, -0.15) is 0 Å². The Morgan fingerprint density at radius 2 is 2.11 bits per heavy atom. The maximum atomic E-state index is 13.3. The Balaban J connectivity index is 2.10. The van der Waals surface area contributed by atoms with Crippen LogP contribution in [0.3, 0.4) is 0 Å². The van der Waals surface area contributed by atoms with Gasteiger partial charge in [-0.05, 0) is 31.0 Å². The molecule has 0 aliphatic heterocycles. The van der Waals surface area contributed by atoms with Crippen LogP contribution in [0, 0.1) is 5.82 Å². The molecule has 5 heteroatoms. The monoisotopic (exact) mass is 281 g/mol. The number of aryl methyl sites for hydroxylation is 1. The van der Waals surface area contributed by atoms with Gasteiger partial charge in [0.1, 0.15) is 16.5 Å². The molecule has 0 bridgehead atoms. The van der Waals surface area contributed by atoms with Crippen molar-refractivity contribution in [1.82, 2.24) is 4.98 Å². The van der Waals surface area contributed by atoms with Crippen molar-refractivity contribution in [3.63, 3.8) is 0 Å². The van der Waals surface area contributed by atoms with Gasteiger partial charge < -0.3 is 0 Å². The molecule has 1 aromatic heterocycles. The van der Waals surface area contributed by atoms with E-state index in [0.717, 1.165) is 17.7 Å². The highest BCUT2D eigenvalue weighted by atomic mass is 35.5. The summed E-state index contributed by atoms with van der Waals surface area (Å²) in [4.78, 5) is 17.0. The van der Waals surface area contributed by atoms with E-state index in [4.69, 9.17) is 11.6 Å². The van der Waals surface area contributed by atoms with Crippen molar-refractivity contribution in [2.24, 2.45) is 0 Å². The summed E-state index contributed by atoms with van der Waals surface area (Å²) in [5.74, 6) is -0.307. The molecule has 0 unspecified atom stereocenters. The number of aromatic nitrogens is 1. The Labute approximate surface area is 112 Å². The second kappa shape index (κ2) is 4.44. The molecule has 0 atom stereocenters. The summed E-state index contributed by atoms with van der Waals surface area (Å²) in [6.07, 6.45) is 2.30. The number of Topliss-reactive ketones (excluding diaryl/α,β-unsaturated/α-hetero) is 1. The number of hydrogen-bond donors (Lipinski definition) is 0. The maximum absolute atomic E-state index is 13.3. The highest BCUT2D eigenvalue weighted by molar-refractivity contribution is 7.15. The number of carbonyl (C=O) groups excluding carboxylic acids is 1. The molecule has 92 valence electrons. The normalized spacial score (nSPS) is 14.7. The first-order valence-corrected chi connectivity index (χ1v) is 6.82. The zero-order valence-corrected chi connectivity index (χ0v) is 10.9. The van der Waals surface area contributed by atoms with Gasteiger partial charge in [0, 0.05) is 21.9 Å². The predicted molar refractivity (Wildman–Crippen MR) is 69.8 cm³/mol. The van der Waals surface area contributed by atoms with Crippen LogP contribution in [0.15, 0.2) is 18.2 Å². The van der Waals surface area contributed by atoms with Crippen LogP contribution in [0.2, 0.25) is 5.02 Å². The van der Waals surface area contributed by atoms with Crippen molar-refractivity contribution in [1.29, 1.82) is 0 Å². The van der Waals surface area contributed by atoms with Crippen molar-refractivity contribution < 1.29 is 9.18 Å². The number of thiazole rings is 1. The van der Waals surface area contributed by atoms with Gasteiger partial charge in [0.15, 0.2) is 5.78 Å². The van der Waals surface area contributed by atoms with Crippen molar-refractivity contribution in [3.8, 4) is 10.6 Å². The number of halogens is 2. The largest absolute Gasteiger partial charge is 0.292 e. The van der Waals surface area contributed by atoms with Gasteiger partial charge in [-0.15, -0.1) is 11.3 Å². The summed E-state index contributed by atoms with van der Waals surface area (Å²) in [6.45, 7) is 0. The third-order valence-electron chi connectivity index (χ3n) is 2.88. The Morgan fingerprint density at radius 1 is 1.28 bits per heavy atom. The average molecular weight is 282 g/mol. The Hall–Kier alpha value is -1.26. The van der Waals surface area contributed by atoms with E-state index in [-0.39, 0.29) is 5.78 Å². The number of nitrogens with zero attached hydrogens (tertiary/aromatic N) is 1. The van der Waals surface area contributed by atoms with Gasteiger partial charge in [0.25, 0.3) is 0 Å². The second-order valence-corrected chi connectivity index (χ2v) is 5.75. The quantitative estimate of drug-likeness (QED) is 0.787. The lowest BCUT2D eigenvalue weighted by Gasteiger charge is -2.06. The molecule has 2 aromatic rings. The molecular formula is C13H9ClFNOS. The van der Waals surface area contributed by atoms with E-state index in [1.54, 1.807) is 6.07 Å². The molecule has 0 saturated carbocycles. The molecule has 18 heavy (non-hydrogen) atoms. The highest BCUT2D eigenvalue weighted by Crippen LogP contribution is 2.33. The zero-order valence-electron chi connectivity index (χ0n) is 9.37. The summed E-state index contributed by atoms with van der Waals surface area (Å²) in [6, 6.07) is 4.31. The lowest BCUT2D eigenvalue weighted by Crippen LogP contribution is -2.08. The number of hydrogen-bond acceptors (Lipinski definition) is 3. The molecule has 2 nitrogen and oxygen atoms in total. The van der Waals surface area contributed by atoms with E-state index >= 15 is 0 Å². The number of rotatable bonds is 1. The van der Waals surface area contributed by atoms with E-state index in [9.17, 15) is 9.18 Å². The molecule has 1 aliphatic rings. The minimum atomic E-state index is -0.392. The van der Waals surface area contributed by atoms with E-state index in [1.807, 2.05) is 0 Å². The van der Waals surface area contributed by atoms with Crippen LogP contribution in [0.5, 0.6) is 0 Å². The summed E-state index contributed by atoms with van der Waals surface area (Å²) in [5.41, 5.74) is 1.19. The van der Waals surface area contributed by atoms with Gasteiger partial charge in [-0.25, -0.2) is 9.37 Å². The Bertz CT molecular complexity index is 618. The van der Waals surface area contributed by atoms with Gasteiger partial charge in [-0.3, -0.25) is 4.79 Å². The topological polar surface area (TPSA) is 30.0 Å². The molecule has 0 amide bonds. The fraction of sp³-hybridized carbons (Fsp3) is 0.231. The lowest BCUT2D eigenvalue weighted by atomic mass is 10.0. The van der Waals surface area contributed by atoms with E-state index in [0.29, 0.717) is 27.7 Å². The van der Waals surface area contributed by atoms with Gasteiger partial charge in [0.2, 0.25) is 0 Å². The zero-order chi connectivity index (χ0) is 12.7. The third-order valence-corrected chi connectivity index (χ3v) is 4.26. The van der Waals surface area contributed by atoms with Crippen molar-refractivity contribution >= 4 is 28.7 Å². The molecule has 0 spiro atoms. The minimum Gasteiger partial charge on any atom is -0.292 e. The maximum Gasteiger partial charge on any atom is 0.182 e. The average Bonchev–Trinajstić information content (AvgIpc) is 2.73. The molecule has 0 radical (unpaired) electrons. The van der Waals surface area contributed by atoms with Crippen LogP contribution in [0.4, 0.5) is 4.39 Å². The Kier molecular flexibility index (Phi) is 2.92. The van der Waals surface area contributed by atoms with Crippen molar-refractivity contribution in [2.45, 2.75) is 19.3 Å². The number of benzene rings is 1. The fourth-order valence-electron chi connectivity index (χ4n) is 2.07. The summed E-state index contributed by atoms with van der Waals surface area (Å²) < 4.78 is 13.3. The number of fused-ring (bicyclic) bond motifs is 1. The van der Waals surface area contributed by atoms with E-state index < -0.39 is 5.82 Å². The summed E-state index contributed by atoms with van der Waals surface area (Å²) in [5, 5.41) is 1.00. The van der Waals surface area contributed by atoms with Crippen LogP contribution in [0.1, 0.15) is 28.2 Å². The first kappa shape index (κ1) is 11.8. The number of ketones is 1. The third kappa shape index (κ3) is 2.06. The van der Waals surface area contributed by atoms with Gasteiger partial charge in [0.05, 0.1) is 0 Å². The molecule has 0 fully saturated rings. The molecule has 0 N–H and O–H groups in total. The van der Waals surface area contributed by atoms with Crippen LogP contribution in [-0.4, -0.2) is 10.8 Å². The molecule has 3 rings (SSSR count). The summed E-state index contributed by atoms with van der Waals surface area (Å²) >= 11 is 7.28. The molecule has 0 saturated heterocycles. The molecular weight excluding hydrogens is 273 g/mol. The molecule has 1 aliphatic carbocycles. The smallest absolute Gasteiger partial charge is 0.182 e. The van der Waals surface area contributed by atoms with Gasteiger partial charge in [-0.1, -0.05) is 11.6 Å². The van der Waals surface area contributed by atoms with Crippen LogP contribution in [0.25, 0.3) is 10.6 Å². The van der Waals surface area contributed by atoms with Crippen LogP contribution >= 0.6 is 22.9 Å². The first-order chi connectivity index (χ1) is 8.63. The standard InChI is InChI=1S/C13H9ClFNOS/c14-8-4-7(5-9(15)6-8)13-16-12-10(17)2-1-3-11(12)18-13/h4-6H,1-3H2. The fourth-order valence-corrected chi connectivity index (χ4v) is 3.40. The molecule has 1 aromatic carbocycles. The van der Waals surface area contributed by atoms with Crippen LogP contribution < -0.4 is 0 Å². The highest BCUT2D eigenvalue weighted by Gasteiger charge is 2.22. The SMILES string of the molecule is O=C1CCCc2sc(-c3cc(F)cc(Cl)c3)nc21.